The third-order valence-corrected chi connectivity index (χ3v) is 8.25. The van der Waals surface area contributed by atoms with Gasteiger partial charge >= 0.3 is 0 Å². The zero-order chi connectivity index (χ0) is 23.2. The van der Waals surface area contributed by atoms with Crippen LogP contribution in [0.2, 0.25) is 0 Å². The van der Waals surface area contributed by atoms with Crippen molar-refractivity contribution in [1.82, 2.24) is 15.0 Å². The number of benzene rings is 4. The maximum atomic E-state index is 5.02. The summed E-state index contributed by atoms with van der Waals surface area (Å²) in [5, 5.41) is 1.96. The maximum absolute atomic E-state index is 5.02. The Kier molecular flexibility index (Phi) is 4.82. The van der Waals surface area contributed by atoms with Crippen molar-refractivity contribution < 1.29 is 0 Å². The van der Waals surface area contributed by atoms with E-state index < -0.39 is 0 Å². The van der Waals surface area contributed by atoms with Crippen LogP contribution in [-0.4, -0.2) is 15.0 Å². The number of aromatic amines is 1. The predicted molar refractivity (Wildman–Crippen MR) is 149 cm³/mol. The molecule has 0 radical (unpaired) electrons. The Labute approximate surface area is 210 Å². The van der Waals surface area contributed by atoms with Gasteiger partial charge < -0.3 is 4.98 Å². The van der Waals surface area contributed by atoms with E-state index in [2.05, 4.69) is 102 Å². The molecule has 3 aromatic heterocycles. The van der Waals surface area contributed by atoms with Crippen LogP contribution in [0.3, 0.4) is 0 Å². The molecule has 0 bridgehead atoms. The second kappa shape index (κ2) is 8.31. The molecule has 5 heteroatoms. The van der Waals surface area contributed by atoms with Crippen LogP contribution < -0.4 is 0 Å². The van der Waals surface area contributed by atoms with Gasteiger partial charge in [-0.05, 0) is 35.4 Å². The first-order chi connectivity index (χ1) is 17.3. The molecular formula is C30H19N3S2. The molecule has 3 heterocycles. The normalized spacial score (nSPS) is 11.4. The van der Waals surface area contributed by atoms with Crippen molar-refractivity contribution in [2.45, 2.75) is 0 Å². The van der Waals surface area contributed by atoms with Crippen LogP contribution in [0.4, 0.5) is 0 Å². The van der Waals surface area contributed by atoms with Gasteiger partial charge in [0.25, 0.3) is 0 Å². The summed E-state index contributed by atoms with van der Waals surface area (Å²) < 4.78 is 2.36. The predicted octanol–water partition coefficient (Wildman–Crippen LogP) is 8.90. The molecule has 0 fully saturated rings. The highest BCUT2D eigenvalue weighted by molar-refractivity contribution is 7.22. The maximum Gasteiger partial charge on any atom is 0.141 e. The molecule has 0 aliphatic carbocycles. The molecule has 4 aromatic carbocycles. The largest absolute Gasteiger partial charge is 0.350 e. The lowest BCUT2D eigenvalue weighted by Crippen LogP contribution is -1.85. The zero-order valence-electron chi connectivity index (χ0n) is 18.6. The van der Waals surface area contributed by atoms with Gasteiger partial charge in [-0.25, -0.2) is 9.97 Å². The van der Waals surface area contributed by atoms with Crippen LogP contribution in [0.1, 0.15) is 0 Å². The van der Waals surface area contributed by atoms with Crippen molar-refractivity contribution in [3.8, 4) is 43.7 Å². The molecule has 35 heavy (non-hydrogen) atoms. The Bertz CT molecular complexity index is 1600. The topological polar surface area (TPSA) is 41.6 Å². The van der Waals surface area contributed by atoms with Crippen LogP contribution in [0.5, 0.6) is 0 Å². The quantitative estimate of drug-likeness (QED) is 0.270. The first-order valence-corrected chi connectivity index (χ1v) is 13.1. The molecule has 0 atom stereocenters. The van der Waals surface area contributed by atoms with Gasteiger partial charge in [-0.1, -0.05) is 84.9 Å². The molecule has 3 nitrogen and oxygen atoms in total. The fourth-order valence-electron chi connectivity index (χ4n) is 4.57. The summed E-state index contributed by atoms with van der Waals surface area (Å²) >= 11 is 3.43. The van der Waals surface area contributed by atoms with E-state index in [-0.39, 0.29) is 0 Å². The summed E-state index contributed by atoms with van der Waals surface area (Å²) in [6, 6.07) is 37.8. The molecule has 7 aromatic rings. The Morgan fingerprint density at radius 2 is 0.857 bits per heavy atom. The third-order valence-electron chi connectivity index (χ3n) is 6.14. The Hall–Kier alpha value is -4.06. The minimum Gasteiger partial charge on any atom is -0.350 e. The number of H-pyrrole nitrogens is 1. The van der Waals surface area contributed by atoms with Gasteiger partial charge in [-0.3, -0.25) is 0 Å². The molecule has 0 saturated heterocycles. The summed E-state index contributed by atoms with van der Waals surface area (Å²) in [5.74, 6) is 0. The summed E-state index contributed by atoms with van der Waals surface area (Å²) in [4.78, 5) is 13.8. The first kappa shape index (κ1) is 20.3. The van der Waals surface area contributed by atoms with E-state index in [1.165, 1.54) is 9.40 Å². The van der Waals surface area contributed by atoms with Gasteiger partial charge in [-0.15, -0.1) is 22.7 Å². The van der Waals surface area contributed by atoms with Gasteiger partial charge in [0.2, 0.25) is 0 Å². The van der Waals surface area contributed by atoms with Gasteiger partial charge in [0.05, 0.1) is 31.8 Å². The van der Waals surface area contributed by atoms with E-state index in [4.69, 9.17) is 9.97 Å². The number of hydrogen-bond donors (Lipinski definition) is 1. The van der Waals surface area contributed by atoms with E-state index in [0.29, 0.717) is 0 Å². The van der Waals surface area contributed by atoms with Gasteiger partial charge in [0.1, 0.15) is 10.0 Å². The molecule has 0 aliphatic rings. The second-order valence-electron chi connectivity index (χ2n) is 8.33. The number of rotatable bonds is 4. The minimum atomic E-state index is 0.981. The van der Waals surface area contributed by atoms with Crippen LogP contribution in [0, 0.1) is 0 Å². The van der Waals surface area contributed by atoms with Gasteiger partial charge in [-0.2, -0.15) is 0 Å². The molecule has 0 aliphatic heterocycles. The van der Waals surface area contributed by atoms with Crippen LogP contribution in [-0.2, 0) is 0 Å². The van der Waals surface area contributed by atoms with Gasteiger partial charge in [0, 0.05) is 11.1 Å². The van der Waals surface area contributed by atoms with Crippen molar-refractivity contribution in [1.29, 1.82) is 0 Å². The van der Waals surface area contributed by atoms with E-state index in [9.17, 15) is 0 Å². The van der Waals surface area contributed by atoms with E-state index in [1.54, 1.807) is 22.7 Å². The SMILES string of the molecule is c1ccc(-c2c(-c3nc4ccccc4s3)[nH]c(-c3nc4ccccc4s3)c2-c2ccccc2)cc1. The monoisotopic (exact) mass is 485 g/mol. The molecule has 1 N–H and O–H groups in total. The number of thiazole rings is 2. The Balaban J connectivity index is 1.58. The van der Waals surface area contributed by atoms with E-state index >= 15 is 0 Å². The number of aromatic nitrogens is 3. The van der Waals surface area contributed by atoms with Crippen LogP contribution in [0.15, 0.2) is 109 Å². The minimum absolute atomic E-state index is 0.981. The number of nitrogens with zero attached hydrogens (tertiary/aromatic N) is 2. The molecule has 166 valence electrons. The lowest BCUT2D eigenvalue weighted by atomic mass is 9.95. The highest BCUT2D eigenvalue weighted by atomic mass is 32.1. The summed E-state index contributed by atoms with van der Waals surface area (Å²) in [5.41, 5.74) is 8.73. The van der Waals surface area contributed by atoms with Crippen LogP contribution >= 0.6 is 22.7 Å². The molecular weight excluding hydrogens is 466 g/mol. The third kappa shape index (κ3) is 3.48. The van der Waals surface area contributed by atoms with Crippen molar-refractivity contribution in [2.24, 2.45) is 0 Å². The average Bonchev–Trinajstić information content (AvgIpc) is 3.64. The molecule has 0 amide bonds. The molecule has 0 unspecified atom stereocenters. The van der Waals surface area contributed by atoms with Crippen molar-refractivity contribution >= 4 is 43.1 Å². The first-order valence-electron chi connectivity index (χ1n) is 11.4. The fraction of sp³-hybridized carbons (Fsp3) is 0. The van der Waals surface area contributed by atoms with E-state index in [1.807, 2.05) is 12.1 Å². The Morgan fingerprint density at radius 1 is 0.457 bits per heavy atom. The van der Waals surface area contributed by atoms with Crippen molar-refractivity contribution in [3.63, 3.8) is 0 Å². The lowest BCUT2D eigenvalue weighted by molar-refractivity contribution is 1.34. The molecule has 7 rings (SSSR count). The summed E-state index contributed by atoms with van der Waals surface area (Å²) in [6.45, 7) is 0. The highest BCUT2D eigenvalue weighted by Gasteiger charge is 2.25. The average molecular weight is 486 g/mol. The lowest BCUT2D eigenvalue weighted by Gasteiger charge is -2.08. The second-order valence-corrected chi connectivity index (χ2v) is 10.4. The van der Waals surface area contributed by atoms with Gasteiger partial charge in [0.15, 0.2) is 0 Å². The summed E-state index contributed by atoms with van der Waals surface area (Å²) in [7, 11) is 0. The van der Waals surface area contributed by atoms with Crippen LogP contribution in [0.25, 0.3) is 64.1 Å². The number of para-hydroxylation sites is 2. The molecule has 0 saturated carbocycles. The number of hydrogen-bond acceptors (Lipinski definition) is 4. The fourth-order valence-corrected chi connectivity index (χ4v) is 6.51. The van der Waals surface area contributed by atoms with Crippen molar-refractivity contribution in [3.05, 3.63) is 109 Å². The van der Waals surface area contributed by atoms with E-state index in [0.717, 1.165) is 54.7 Å². The Morgan fingerprint density at radius 3 is 1.29 bits per heavy atom. The summed E-state index contributed by atoms with van der Waals surface area (Å²) in [6.07, 6.45) is 0. The highest BCUT2D eigenvalue weighted by Crippen LogP contribution is 2.48. The molecule has 0 spiro atoms. The standard InChI is InChI=1S/C30H19N3S2/c1-3-11-19(12-4-1)25-26(20-13-5-2-6-14-20)28(30-32-22-16-8-10-18-24(22)35-30)33-27(25)29-31-21-15-7-9-17-23(21)34-29/h1-18,33H. The zero-order valence-corrected chi connectivity index (χ0v) is 20.2. The number of nitrogens with one attached hydrogen (secondary N) is 1. The number of fused-ring (bicyclic) bond motifs is 2. The van der Waals surface area contributed by atoms with Crippen molar-refractivity contribution in [2.75, 3.05) is 0 Å². The smallest absolute Gasteiger partial charge is 0.141 e.